The fraction of sp³-hybridized carbons (Fsp3) is 0.769. The molecule has 0 nitrogen and oxygen atoms in total. The van der Waals surface area contributed by atoms with E-state index in [0.717, 1.165) is 24.2 Å². The number of benzene rings is 1. The van der Waals surface area contributed by atoms with Crippen LogP contribution in [0.5, 0.6) is 0 Å². The smallest absolute Gasteiger partial charge is 0.194 e. The number of halogens is 3. The van der Waals surface area contributed by atoms with Gasteiger partial charge in [-0.05, 0) is 98.1 Å². The minimum absolute atomic E-state index is 0.439. The Kier molecular flexibility index (Phi) is 6.91. The molecule has 5 unspecified atom stereocenters. The summed E-state index contributed by atoms with van der Waals surface area (Å²) in [5, 5.41) is 0. The predicted octanol–water partition coefficient (Wildman–Crippen LogP) is 8.01. The minimum atomic E-state index is -1.29. The number of hydrogen-bond acceptors (Lipinski definition) is 0. The molecule has 1 aromatic carbocycles. The summed E-state index contributed by atoms with van der Waals surface area (Å²) in [4.78, 5) is 0. The van der Waals surface area contributed by atoms with Gasteiger partial charge in [-0.3, -0.25) is 0 Å². The molecular weight excluding hydrogens is 369 g/mol. The Hall–Kier alpha value is -0.990. The zero-order valence-electron chi connectivity index (χ0n) is 18.0. The van der Waals surface area contributed by atoms with Crippen molar-refractivity contribution in [1.82, 2.24) is 0 Å². The molecule has 0 spiro atoms. The summed E-state index contributed by atoms with van der Waals surface area (Å²) in [5.74, 6) is 0.511. The van der Waals surface area contributed by atoms with E-state index in [1.807, 2.05) is 0 Å². The van der Waals surface area contributed by atoms with Gasteiger partial charge in [-0.1, -0.05) is 45.4 Å². The second kappa shape index (κ2) is 9.43. The summed E-state index contributed by atoms with van der Waals surface area (Å²) in [7, 11) is 0. The maximum Gasteiger partial charge on any atom is 0.194 e. The van der Waals surface area contributed by atoms with E-state index in [4.69, 9.17) is 0 Å². The van der Waals surface area contributed by atoms with Crippen LogP contribution < -0.4 is 0 Å². The molecule has 162 valence electrons. The Morgan fingerprint density at radius 1 is 0.793 bits per heavy atom. The van der Waals surface area contributed by atoms with Gasteiger partial charge >= 0.3 is 0 Å². The van der Waals surface area contributed by atoms with E-state index in [2.05, 4.69) is 6.92 Å². The van der Waals surface area contributed by atoms with Crippen LogP contribution in [0.25, 0.3) is 0 Å². The highest BCUT2D eigenvalue weighted by Crippen LogP contribution is 2.49. The Morgan fingerprint density at radius 3 is 2.31 bits per heavy atom. The summed E-state index contributed by atoms with van der Waals surface area (Å²) in [5.41, 5.74) is 1.15. The summed E-state index contributed by atoms with van der Waals surface area (Å²) in [6, 6.07) is 1.22. The van der Waals surface area contributed by atoms with Crippen molar-refractivity contribution in [1.29, 1.82) is 0 Å². The second-order valence-corrected chi connectivity index (χ2v) is 10.2. The minimum Gasteiger partial charge on any atom is -0.204 e. The average molecular weight is 407 g/mol. The van der Waals surface area contributed by atoms with E-state index in [1.54, 1.807) is 0 Å². The van der Waals surface area contributed by atoms with Crippen LogP contribution in [-0.2, 0) is 12.8 Å². The molecule has 5 atom stereocenters. The fourth-order valence-corrected chi connectivity index (χ4v) is 6.81. The first-order chi connectivity index (χ1) is 14.1. The van der Waals surface area contributed by atoms with E-state index in [0.29, 0.717) is 35.8 Å². The Morgan fingerprint density at radius 2 is 1.52 bits per heavy atom. The molecule has 0 aliphatic heterocycles. The number of aryl methyl sites for hydroxylation is 1. The van der Waals surface area contributed by atoms with Crippen molar-refractivity contribution in [3.8, 4) is 0 Å². The molecule has 3 aliphatic rings. The van der Waals surface area contributed by atoms with Gasteiger partial charge in [0.1, 0.15) is 0 Å². The van der Waals surface area contributed by atoms with Gasteiger partial charge in [-0.15, -0.1) is 0 Å². The zero-order valence-corrected chi connectivity index (χ0v) is 18.0. The third-order valence-electron chi connectivity index (χ3n) is 8.50. The Bertz CT molecular complexity index is 698. The largest absolute Gasteiger partial charge is 0.204 e. The van der Waals surface area contributed by atoms with Gasteiger partial charge in [0.25, 0.3) is 0 Å². The van der Waals surface area contributed by atoms with Crippen LogP contribution in [0.15, 0.2) is 6.07 Å². The first-order valence-electron chi connectivity index (χ1n) is 12.2. The Labute approximate surface area is 174 Å². The van der Waals surface area contributed by atoms with Crippen LogP contribution in [0.1, 0.15) is 95.1 Å². The number of rotatable bonds is 6. The van der Waals surface area contributed by atoms with Crippen LogP contribution in [0.2, 0.25) is 0 Å². The Balaban J connectivity index is 1.32. The summed E-state index contributed by atoms with van der Waals surface area (Å²) < 4.78 is 41.6. The number of hydrogen-bond donors (Lipinski definition) is 0. The maximum absolute atomic E-state index is 14.3. The molecule has 3 heteroatoms. The molecular formula is C26H37F3. The van der Waals surface area contributed by atoms with Gasteiger partial charge in [-0.2, -0.15) is 0 Å². The van der Waals surface area contributed by atoms with E-state index in [-0.39, 0.29) is 0 Å². The molecule has 1 aromatic rings. The molecule has 0 heterocycles. The highest BCUT2D eigenvalue weighted by atomic mass is 19.2. The molecule has 0 amide bonds. The molecule has 0 bridgehead atoms. The van der Waals surface area contributed by atoms with Gasteiger partial charge < -0.3 is 0 Å². The molecule has 4 rings (SSSR count). The standard InChI is InChI=1S/C26H37F3/c1-2-3-4-5-6-17-7-8-19-14-20(10-9-18(19)13-17)21-11-12-22-16-24(27)26(29)25(28)23(22)15-21/h16-21H,2-15H2,1H3. The van der Waals surface area contributed by atoms with Gasteiger partial charge in [0.15, 0.2) is 17.5 Å². The van der Waals surface area contributed by atoms with Gasteiger partial charge in [0, 0.05) is 0 Å². The van der Waals surface area contributed by atoms with Crippen molar-refractivity contribution in [3.63, 3.8) is 0 Å². The molecule has 0 aromatic heterocycles. The van der Waals surface area contributed by atoms with Crippen LogP contribution in [0.3, 0.4) is 0 Å². The first kappa shape index (κ1) is 21.2. The van der Waals surface area contributed by atoms with Gasteiger partial charge in [-0.25, -0.2) is 13.2 Å². The zero-order chi connectivity index (χ0) is 20.4. The monoisotopic (exact) mass is 406 g/mol. The number of fused-ring (bicyclic) bond motifs is 2. The molecule has 2 saturated carbocycles. The summed E-state index contributed by atoms with van der Waals surface area (Å²) in [6.07, 6.45) is 17.2. The fourth-order valence-electron chi connectivity index (χ4n) is 6.81. The van der Waals surface area contributed by atoms with E-state index >= 15 is 0 Å². The molecule has 2 fully saturated rings. The van der Waals surface area contributed by atoms with Gasteiger partial charge in [0.05, 0.1) is 0 Å². The predicted molar refractivity (Wildman–Crippen MR) is 112 cm³/mol. The quantitative estimate of drug-likeness (QED) is 0.331. The van der Waals surface area contributed by atoms with Crippen LogP contribution in [-0.4, -0.2) is 0 Å². The second-order valence-electron chi connectivity index (χ2n) is 10.2. The molecule has 0 N–H and O–H groups in total. The third kappa shape index (κ3) is 4.69. The van der Waals surface area contributed by atoms with Crippen LogP contribution >= 0.6 is 0 Å². The average Bonchev–Trinajstić information content (AvgIpc) is 2.74. The topological polar surface area (TPSA) is 0 Å². The molecule has 29 heavy (non-hydrogen) atoms. The van der Waals surface area contributed by atoms with E-state index in [9.17, 15) is 13.2 Å². The van der Waals surface area contributed by atoms with Crippen molar-refractivity contribution in [2.24, 2.45) is 29.6 Å². The van der Waals surface area contributed by atoms with Crippen molar-refractivity contribution < 1.29 is 13.2 Å². The summed E-state index contributed by atoms with van der Waals surface area (Å²) >= 11 is 0. The van der Waals surface area contributed by atoms with E-state index in [1.165, 1.54) is 76.7 Å². The van der Waals surface area contributed by atoms with Crippen molar-refractivity contribution in [3.05, 3.63) is 34.6 Å². The molecule has 3 aliphatic carbocycles. The SMILES string of the molecule is CCCCCCC1CCC2CC(C3CCc4cc(F)c(F)c(F)c4C3)CCC2C1. The molecule has 0 saturated heterocycles. The van der Waals surface area contributed by atoms with Crippen molar-refractivity contribution >= 4 is 0 Å². The van der Waals surface area contributed by atoms with Crippen molar-refractivity contribution in [2.45, 2.75) is 96.8 Å². The summed E-state index contributed by atoms with van der Waals surface area (Å²) in [6.45, 7) is 2.28. The lowest BCUT2D eigenvalue weighted by Gasteiger charge is -2.45. The highest BCUT2D eigenvalue weighted by molar-refractivity contribution is 5.33. The van der Waals surface area contributed by atoms with Crippen LogP contribution in [0.4, 0.5) is 13.2 Å². The normalized spacial score (nSPS) is 31.9. The lowest BCUT2D eigenvalue weighted by molar-refractivity contribution is 0.0686. The number of unbranched alkanes of at least 4 members (excludes halogenated alkanes) is 3. The molecule has 0 radical (unpaired) electrons. The third-order valence-corrected chi connectivity index (χ3v) is 8.50. The lowest BCUT2D eigenvalue weighted by Crippen LogP contribution is -2.35. The van der Waals surface area contributed by atoms with Crippen molar-refractivity contribution in [2.75, 3.05) is 0 Å². The highest BCUT2D eigenvalue weighted by Gasteiger charge is 2.39. The first-order valence-corrected chi connectivity index (χ1v) is 12.2. The maximum atomic E-state index is 14.3. The van der Waals surface area contributed by atoms with E-state index < -0.39 is 17.5 Å². The lowest BCUT2D eigenvalue weighted by atomic mass is 9.61. The van der Waals surface area contributed by atoms with Gasteiger partial charge in [0.2, 0.25) is 0 Å². The van der Waals surface area contributed by atoms with Crippen LogP contribution in [0, 0.1) is 47.0 Å².